The van der Waals surface area contributed by atoms with Crippen molar-refractivity contribution in [1.82, 2.24) is 0 Å². The summed E-state index contributed by atoms with van der Waals surface area (Å²) in [5.41, 5.74) is -1.79. The molecule has 1 N–H and O–H groups in total. The number of carbonyl (C=O) groups is 1. The number of alkyl halides is 3. The summed E-state index contributed by atoms with van der Waals surface area (Å²) in [4.78, 5) is 11.3. The highest BCUT2D eigenvalue weighted by molar-refractivity contribution is 5.88. The molecule has 1 amide bonds. The van der Waals surface area contributed by atoms with Gasteiger partial charge in [0.2, 0.25) is 0 Å². The van der Waals surface area contributed by atoms with Crippen molar-refractivity contribution in [2.75, 3.05) is 11.9 Å². The van der Waals surface area contributed by atoms with E-state index < -0.39 is 47.5 Å². The number of nitrogens with one attached hydrogen (secondary N) is 1. The normalized spacial score (nSPS) is 21.5. The maximum Gasteiger partial charge on any atom is 0.460 e. The van der Waals surface area contributed by atoms with Crippen molar-refractivity contribution in [2.45, 2.75) is 25.3 Å². The van der Waals surface area contributed by atoms with Crippen LogP contribution in [0.25, 0.3) is 0 Å². The first-order valence-electron chi connectivity index (χ1n) is 5.92. The molecule has 0 saturated heterocycles. The molecule has 0 aliphatic carbocycles. The average Bonchev–Trinajstić information content (AvgIpc) is 2.38. The molecule has 0 saturated carbocycles. The van der Waals surface area contributed by atoms with Gasteiger partial charge in [0.1, 0.15) is 0 Å². The first-order chi connectivity index (χ1) is 9.73. The van der Waals surface area contributed by atoms with E-state index in [4.69, 9.17) is 0 Å². The van der Waals surface area contributed by atoms with Crippen molar-refractivity contribution in [2.24, 2.45) is 0 Å². The van der Waals surface area contributed by atoms with Gasteiger partial charge in [-0.1, -0.05) is 6.92 Å². The molecule has 1 heterocycles. The molecule has 1 aromatic carbocycles. The summed E-state index contributed by atoms with van der Waals surface area (Å²) < 4.78 is 76.1. The highest BCUT2D eigenvalue weighted by atomic mass is 19.4. The quantitative estimate of drug-likeness (QED) is 0.867. The molecule has 1 atom stereocenters. The molecular weight excluding hydrogens is 301 g/mol. The molecule has 1 aromatic rings. The third kappa shape index (κ3) is 2.41. The fraction of sp³-hybridized carbons (Fsp3) is 0.417. The minimum Gasteiger partial charge on any atom is -0.402 e. The van der Waals surface area contributed by atoms with Crippen LogP contribution in [0.3, 0.4) is 0 Å². The van der Waals surface area contributed by atoms with E-state index in [1.807, 2.05) is 5.32 Å². The van der Waals surface area contributed by atoms with Gasteiger partial charge in [-0.25, -0.2) is 13.6 Å². The van der Waals surface area contributed by atoms with Gasteiger partial charge in [-0.15, -0.1) is 0 Å². The summed E-state index contributed by atoms with van der Waals surface area (Å²) in [6.07, 6.45) is -6.61. The van der Waals surface area contributed by atoms with Crippen molar-refractivity contribution in [3.63, 3.8) is 0 Å². The predicted molar refractivity (Wildman–Crippen MR) is 60.4 cm³/mol. The third-order valence-electron chi connectivity index (χ3n) is 2.78. The predicted octanol–water partition coefficient (Wildman–Crippen LogP) is 3.67. The number of rotatable bonds is 3. The second-order valence-electron chi connectivity index (χ2n) is 4.26. The molecular formula is C12H10F5NO3. The van der Waals surface area contributed by atoms with E-state index in [-0.39, 0.29) is 6.42 Å². The van der Waals surface area contributed by atoms with E-state index >= 15 is 0 Å². The van der Waals surface area contributed by atoms with Crippen molar-refractivity contribution in [3.05, 3.63) is 29.3 Å². The van der Waals surface area contributed by atoms with Crippen LogP contribution in [-0.2, 0) is 15.3 Å². The molecule has 0 radical (unpaired) electrons. The number of anilines is 1. The Bertz CT molecular complexity index is 575. The topological polar surface area (TPSA) is 47.6 Å². The molecule has 1 aliphatic heterocycles. The van der Waals surface area contributed by atoms with Crippen LogP contribution in [-0.4, -0.2) is 18.9 Å². The Morgan fingerprint density at radius 2 is 2.00 bits per heavy atom. The van der Waals surface area contributed by atoms with E-state index in [0.29, 0.717) is 6.07 Å². The maximum absolute atomic E-state index is 13.9. The van der Waals surface area contributed by atoms with Crippen molar-refractivity contribution >= 4 is 11.8 Å². The molecule has 0 bridgehead atoms. The van der Waals surface area contributed by atoms with Crippen molar-refractivity contribution in [1.29, 1.82) is 0 Å². The van der Waals surface area contributed by atoms with Crippen LogP contribution >= 0.6 is 0 Å². The zero-order valence-electron chi connectivity index (χ0n) is 10.7. The smallest absolute Gasteiger partial charge is 0.402 e. The van der Waals surface area contributed by atoms with Crippen LogP contribution < -0.4 is 5.32 Å². The molecule has 116 valence electrons. The first-order valence-corrected chi connectivity index (χ1v) is 5.92. The number of ether oxygens (including phenoxy) is 2. The monoisotopic (exact) mass is 311 g/mol. The Hall–Kier alpha value is -1.90. The number of hydrogen-bond acceptors (Lipinski definition) is 3. The van der Waals surface area contributed by atoms with Gasteiger partial charge in [-0.05, 0) is 18.6 Å². The Morgan fingerprint density at radius 1 is 1.33 bits per heavy atom. The lowest BCUT2D eigenvalue weighted by Gasteiger charge is -2.38. The second kappa shape index (κ2) is 5.14. The molecule has 0 fully saturated rings. The van der Waals surface area contributed by atoms with Crippen LogP contribution in [0, 0.1) is 11.6 Å². The minimum absolute atomic E-state index is 0.148. The maximum atomic E-state index is 13.9. The minimum atomic E-state index is -5.29. The standard InChI is InChI=1S/C12H10F5NO3/c1-2-5-20-11(12(15,16)17)8-7(18-10(19)21-11)4-3-6(13)9(8)14/h3-4H,2,5H2,1H3,(H,18,19)/t11-/m0/s1. The molecule has 0 unspecified atom stereocenters. The highest BCUT2D eigenvalue weighted by Gasteiger charge is 2.65. The second-order valence-corrected chi connectivity index (χ2v) is 4.26. The summed E-state index contributed by atoms with van der Waals surface area (Å²) in [5, 5.41) is 1.88. The van der Waals surface area contributed by atoms with Crippen molar-refractivity contribution < 1.29 is 36.2 Å². The first kappa shape index (κ1) is 15.5. The molecule has 1 aliphatic rings. The number of halogens is 5. The average molecular weight is 311 g/mol. The lowest BCUT2D eigenvalue weighted by molar-refractivity contribution is -0.372. The number of benzene rings is 1. The molecule has 4 nitrogen and oxygen atoms in total. The van der Waals surface area contributed by atoms with Gasteiger partial charge in [0.05, 0.1) is 17.9 Å². The van der Waals surface area contributed by atoms with E-state index in [1.165, 1.54) is 6.92 Å². The zero-order chi connectivity index (χ0) is 15.8. The fourth-order valence-electron chi connectivity index (χ4n) is 1.92. The third-order valence-corrected chi connectivity index (χ3v) is 2.78. The van der Waals surface area contributed by atoms with Gasteiger partial charge in [0.15, 0.2) is 11.6 Å². The zero-order valence-corrected chi connectivity index (χ0v) is 10.7. The Labute approximate surface area is 115 Å². The van der Waals surface area contributed by atoms with Gasteiger partial charge >= 0.3 is 18.1 Å². The highest BCUT2D eigenvalue weighted by Crippen LogP contribution is 2.49. The van der Waals surface area contributed by atoms with Gasteiger partial charge in [-0.2, -0.15) is 13.2 Å². The van der Waals surface area contributed by atoms with E-state index in [9.17, 15) is 26.7 Å². The lowest BCUT2D eigenvalue weighted by atomic mass is 10.00. The summed E-state index contributed by atoms with van der Waals surface area (Å²) >= 11 is 0. The summed E-state index contributed by atoms with van der Waals surface area (Å²) in [7, 11) is 0. The van der Waals surface area contributed by atoms with Gasteiger partial charge in [0.25, 0.3) is 0 Å². The van der Waals surface area contributed by atoms with Gasteiger partial charge in [-0.3, -0.25) is 5.32 Å². The van der Waals surface area contributed by atoms with Crippen LogP contribution in [0.1, 0.15) is 18.9 Å². The van der Waals surface area contributed by atoms with E-state index in [2.05, 4.69) is 9.47 Å². The molecule has 0 spiro atoms. The Morgan fingerprint density at radius 3 is 2.57 bits per heavy atom. The largest absolute Gasteiger partial charge is 0.460 e. The van der Waals surface area contributed by atoms with Crippen LogP contribution in [0.5, 0.6) is 0 Å². The van der Waals surface area contributed by atoms with Crippen LogP contribution in [0.2, 0.25) is 0 Å². The van der Waals surface area contributed by atoms with Gasteiger partial charge < -0.3 is 9.47 Å². The van der Waals surface area contributed by atoms with E-state index in [0.717, 1.165) is 6.07 Å². The van der Waals surface area contributed by atoms with E-state index in [1.54, 1.807) is 0 Å². The molecule has 2 rings (SSSR count). The number of cyclic esters (lactones) is 1. The van der Waals surface area contributed by atoms with Crippen LogP contribution in [0.15, 0.2) is 12.1 Å². The van der Waals surface area contributed by atoms with Gasteiger partial charge in [0, 0.05) is 0 Å². The molecule has 9 heteroatoms. The SMILES string of the molecule is CCCO[C@]1(C(F)(F)F)OC(=O)Nc2ccc(F)c(F)c21. The molecule has 21 heavy (non-hydrogen) atoms. The van der Waals surface area contributed by atoms with Crippen LogP contribution in [0.4, 0.5) is 32.4 Å². The fourth-order valence-corrected chi connectivity index (χ4v) is 1.92. The van der Waals surface area contributed by atoms with Crippen molar-refractivity contribution in [3.8, 4) is 0 Å². The number of fused-ring (bicyclic) bond motifs is 1. The Balaban J connectivity index is 2.71. The number of amides is 1. The lowest BCUT2D eigenvalue weighted by Crippen LogP contribution is -2.53. The summed E-state index contributed by atoms with van der Waals surface area (Å²) in [6, 6.07) is 1.41. The Kier molecular flexibility index (Phi) is 3.79. The number of hydrogen-bond donors (Lipinski definition) is 1. The summed E-state index contributed by atoms with van der Waals surface area (Å²) in [6.45, 7) is 1.04. The molecule has 0 aromatic heterocycles. The number of carbonyl (C=O) groups excluding carboxylic acids is 1. The summed E-state index contributed by atoms with van der Waals surface area (Å²) in [5.74, 6) is -6.98.